The van der Waals surface area contributed by atoms with Crippen LogP contribution in [0.5, 0.6) is 0 Å². The van der Waals surface area contributed by atoms with Gasteiger partial charge < -0.3 is 10.1 Å². The third-order valence-electron chi connectivity index (χ3n) is 4.68. The highest BCUT2D eigenvalue weighted by Gasteiger charge is 2.21. The number of benzene rings is 3. The normalized spacial score (nSPS) is 11.8. The van der Waals surface area contributed by atoms with Crippen LogP contribution in [0.15, 0.2) is 77.7 Å². The number of nitrogens with zero attached hydrogens (tertiary/aromatic N) is 1. The molecule has 10 nitrogen and oxygen atoms in total. The largest absolute Gasteiger partial charge is 0.449 e. The quantitative estimate of drug-likeness (QED) is 0.281. The zero-order valence-electron chi connectivity index (χ0n) is 18.2. The SMILES string of the molecule is Cc1ccc(NS(=O)(=O)c2ccc(C(=O)OC(C)C(=O)Nc3cccc([N+](=O)[O-])c3)cc2)cc1. The fourth-order valence-corrected chi connectivity index (χ4v) is 3.89. The minimum atomic E-state index is -3.86. The summed E-state index contributed by atoms with van der Waals surface area (Å²) in [5.41, 5.74) is 1.41. The molecule has 1 amide bonds. The lowest BCUT2D eigenvalue weighted by Gasteiger charge is -2.14. The lowest BCUT2D eigenvalue weighted by Crippen LogP contribution is -2.30. The van der Waals surface area contributed by atoms with Crippen LogP contribution in [0, 0.1) is 17.0 Å². The van der Waals surface area contributed by atoms with Gasteiger partial charge in [-0.2, -0.15) is 0 Å². The molecule has 0 aromatic heterocycles. The molecule has 0 saturated heterocycles. The van der Waals surface area contributed by atoms with Crippen LogP contribution in [0.2, 0.25) is 0 Å². The molecule has 176 valence electrons. The summed E-state index contributed by atoms with van der Waals surface area (Å²) >= 11 is 0. The molecule has 3 rings (SSSR count). The summed E-state index contributed by atoms with van der Waals surface area (Å²) < 4.78 is 32.7. The smallest absolute Gasteiger partial charge is 0.338 e. The lowest BCUT2D eigenvalue weighted by atomic mass is 10.2. The van der Waals surface area contributed by atoms with Crippen LogP contribution in [0.1, 0.15) is 22.8 Å². The summed E-state index contributed by atoms with van der Waals surface area (Å²) in [6.07, 6.45) is -1.21. The van der Waals surface area contributed by atoms with E-state index in [1.807, 2.05) is 6.92 Å². The van der Waals surface area contributed by atoms with Crippen molar-refractivity contribution in [3.05, 3.63) is 94.0 Å². The van der Waals surface area contributed by atoms with Crippen LogP contribution in [0.4, 0.5) is 17.1 Å². The molecule has 2 N–H and O–H groups in total. The number of nitro benzene ring substituents is 1. The van der Waals surface area contributed by atoms with Crippen LogP contribution in [-0.2, 0) is 19.6 Å². The number of hydrogen-bond acceptors (Lipinski definition) is 7. The van der Waals surface area contributed by atoms with Crippen molar-refractivity contribution in [2.45, 2.75) is 24.8 Å². The van der Waals surface area contributed by atoms with Gasteiger partial charge in [0.05, 0.1) is 15.4 Å². The molecule has 0 heterocycles. The number of amides is 1. The molecule has 11 heteroatoms. The summed E-state index contributed by atoms with van der Waals surface area (Å²) in [6.45, 7) is 3.23. The second kappa shape index (κ2) is 10.1. The molecular formula is C23H21N3O7S. The van der Waals surface area contributed by atoms with Crippen LogP contribution >= 0.6 is 0 Å². The van der Waals surface area contributed by atoms with E-state index >= 15 is 0 Å². The van der Waals surface area contributed by atoms with Crippen LogP contribution in [0.3, 0.4) is 0 Å². The van der Waals surface area contributed by atoms with Gasteiger partial charge in [-0.1, -0.05) is 23.8 Å². The van der Waals surface area contributed by atoms with Crippen molar-refractivity contribution in [2.24, 2.45) is 0 Å². The standard InChI is InChI=1S/C23H21N3O7S/c1-15-6-10-18(11-7-15)25-34(31,32)21-12-8-17(9-13-21)23(28)33-16(2)22(27)24-19-4-3-5-20(14-19)26(29)30/h3-14,16,25H,1-2H3,(H,24,27). The fraction of sp³-hybridized carbons (Fsp3) is 0.130. The number of nitrogens with one attached hydrogen (secondary N) is 2. The molecule has 1 atom stereocenters. The van der Waals surface area contributed by atoms with Crippen molar-refractivity contribution < 1.29 is 27.7 Å². The Balaban J connectivity index is 1.62. The number of anilines is 2. The average molecular weight is 484 g/mol. The van der Waals surface area contributed by atoms with E-state index in [0.717, 1.165) is 5.56 Å². The molecule has 0 aliphatic carbocycles. The summed E-state index contributed by atoms with van der Waals surface area (Å²) in [5, 5.41) is 13.3. The number of sulfonamides is 1. The number of hydrogen-bond donors (Lipinski definition) is 2. The third-order valence-corrected chi connectivity index (χ3v) is 6.08. The van der Waals surface area contributed by atoms with Crippen LogP contribution < -0.4 is 10.0 Å². The fourth-order valence-electron chi connectivity index (χ4n) is 2.83. The molecule has 0 aliphatic rings. The third kappa shape index (κ3) is 6.17. The number of carbonyl (C=O) groups is 2. The lowest BCUT2D eigenvalue weighted by molar-refractivity contribution is -0.384. The molecule has 0 radical (unpaired) electrons. The molecule has 1 unspecified atom stereocenters. The minimum Gasteiger partial charge on any atom is -0.449 e. The molecule has 34 heavy (non-hydrogen) atoms. The maximum absolute atomic E-state index is 12.6. The molecule has 3 aromatic carbocycles. The van der Waals surface area contributed by atoms with E-state index in [0.29, 0.717) is 5.69 Å². The molecule has 0 spiro atoms. The van der Waals surface area contributed by atoms with Crippen LogP contribution in [0.25, 0.3) is 0 Å². The Morgan fingerprint density at radius 3 is 2.24 bits per heavy atom. The van der Waals surface area contributed by atoms with Gasteiger partial charge in [0.2, 0.25) is 0 Å². The maximum Gasteiger partial charge on any atom is 0.338 e. The van der Waals surface area contributed by atoms with E-state index in [1.165, 1.54) is 55.5 Å². The van der Waals surface area contributed by atoms with Crippen LogP contribution in [-0.4, -0.2) is 31.3 Å². The zero-order valence-corrected chi connectivity index (χ0v) is 19.0. The maximum atomic E-state index is 12.6. The first-order valence-corrected chi connectivity index (χ1v) is 11.5. The Hall–Kier alpha value is -4.25. The Morgan fingerprint density at radius 1 is 0.971 bits per heavy atom. The van der Waals surface area contributed by atoms with E-state index in [4.69, 9.17) is 4.74 Å². The van der Waals surface area contributed by atoms with Gasteiger partial charge in [-0.25, -0.2) is 13.2 Å². The Labute approximate surface area is 195 Å². The van der Waals surface area contributed by atoms with Gasteiger partial charge in [-0.3, -0.25) is 19.6 Å². The van der Waals surface area contributed by atoms with Crippen molar-refractivity contribution >= 4 is 39.0 Å². The zero-order chi connectivity index (χ0) is 24.9. The number of aryl methyl sites for hydroxylation is 1. The second-order valence-corrected chi connectivity index (χ2v) is 9.02. The monoisotopic (exact) mass is 483 g/mol. The topological polar surface area (TPSA) is 145 Å². The van der Waals surface area contributed by atoms with Gasteiger partial charge >= 0.3 is 5.97 Å². The number of nitro groups is 1. The van der Waals surface area contributed by atoms with Gasteiger partial charge in [0, 0.05) is 23.5 Å². The van der Waals surface area contributed by atoms with Crippen molar-refractivity contribution in [3.63, 3.8) is 0 Å². The van der Waals surface area contributed by atoms with Gasteiger partial charge in [0.25, 0.3) is 21.6 Å². The first-order chi connectivity index (χ1) is 16.0. The van der Waals surface area contributed by atoms with E-state index in [1.54, 1.807) is 24.3 Å². The number of rotatable bonds is 8. The molecule has 0 saturated carbocycles. The summed E-state index contributed by atoms with van der Waals surface area (Å²) in [6, 6.07) is 17.2. The highest BCUT2D eigenvalue weighted by Crippen LogP contribution is 2.19. The predicted molar refractivity (Wildman–Crippen MR) is 125 cm³/mol. The van der Waals surface area contributed by atoms with E-state index in [9.17, 15) is 28.1 Å². The molecule has 0 fully saturated rings. The Kier molecular flexibility index (Phi) is 7.27. The number of carbonyl (C=O) groups excluding carboxylic acids is 2. The number of ether oxygens (including phenoxy) is 1. The number of non-ortho nitro benzene ring substituents is 1. The predicted octanol–water partition coefficient (Wildman–Crippen LogP) is 3.89. The van der Waals surface area contributed by atoms with Gasteiger partial charge in [0.15, 0.2) is 6.10 Å². The van der Waals surface area contributed by atoms with Gasteiger partial charge in [-0.15, -0.1) is 0 Å². The van der Waals surface area contributed by atoms with Crippen molar-refractivity contribution in [1.29, 1.82) is 0 Å². The molecule has 0 bridgehead atoms. The Bertz CT molecular complexity index is 1320. The second-order valence-electron chi connectivity index (χ2n) is 7.34. The first kappa shape index (κ1) is 24.4. The highest BCUT2D eigenvalue weighted by molar-refractivity contribution is 7.92. The van der Waals surface area contributed by atoms with E-state index in [2.05, 4.69) is 10.0 Å². The Morgan fingerprint density at radius 2 is 1.62 bits per heavy atom. The molecular weight excluding hydrogens is 462 g/mol. The minimum absolute atomic E-state index is 0.0456. The summed E-state index contributed by atoms with van der Waals surface area (Å²) in [5.74, 6) is -1.52. The van der Waals surface area contributed by atoms with Gasteiger partial charge in [0.1, 0.15) is 0 Å². The average Bonchev–Trinajstić information content (AvgIpc) is 2.80. The van der Waals surface area contributed by atoms with Crippen molar-refractivity contribution in [1.82, 2.24) is 0 Å². The molecule has 3 aromatic rings. The van der Waals surface area contributed by atoms with Crippen molar-refractivity contribution in [2.75, 3.05) is 10.0 Å². The summed E-state index contributed by atoms with van der Waals surface area (Å²) in [7, 11) is -3.86. The summed E-state index contributed by atoms with van der Waals surface area (Å²) in [4.78, 5) is 34.9. The first-order valence-electron chi connectivity index (χ1n) is 10.0. The van der Waals surface area contributed by atoms with E-state index < -0.39 is 32.9 Å². The number of esters is 1. The van der Waals surface area contributed by atoms with Crippen molar-refractivity contribution in [3.8, 4) is 0 Å². The highest BCUT2D eigenvalue weighted by atomic mass is 32.2. The molecule has 0 aliphatic heterocycles. The van der Waals surface area contributed by atoms with E-state index in [-0.39, 0.29) is 21.8 Å². The van der Waals surface area contributed by atoms with Gasteiger partial charge in [-0.05, 0) is 56.3 Å².